The van der Waals surface area contributed by atoms with Crippen molar-refractivity contribution in [2.24, 2.45) is 12.2 Å². The van der Waals surface area contributed by atoms with E-state index < -0.39 is 10.1 Å². The lowest BCUT2D eigenvalue weighted by Gasteiger charge is -2.00. The van der Waals surface area contributed by atoms with Crippen LogP contribution < -0.4 is 0 Å². The van der Waals surface area contributed by atoms with Crippen LogP contribution in [-0.4, -0.2) is 19.2 Å². The summed E-state index contributed by atoms with van der Waals surface area (Å²) in [7, 11) is -2.20. The summed E-state index contributed by atoms with van der Waals surface area (Å²) in [5.41, 5.74) is 1.02. The van der Waals surface area contributed by atoms with Gasteiger partial charge in [-0.25, -0.2) is 0 Å². The molecule has 0 unspecified atom stereocenters. The number of hydrogen-bond acceptors (Lipinski definition) is 5. The first-order valence-corrected chi connectivity index (χ1v) is 7.02. The zero-order valence-corrected chi connectivity index (χ0v) is 11.4. The van der Waals surface area contributed by atoms with Crippen molar-refractivity contribution < 1.29 is 12.7 Å². The first kappa shape index (κ1) is 13.8. The Morgan fingerprint density at radius 2 is 2.05 bits per heavy atom. The molecule has 0 amide bonds. The number of hydrogen-bond donors (Lipinski definition) is 0. The fraction of sp³-hybridized carbons (Fsp3) is 0.0769. The molecule has 0 aliphatic heterocycles. The number of nitriles is 1. The fourth-order valence-electron chi connectivity index (χ4n) is 1.53. The highest BCUT2D eigenvalue weighted by Gasteiger charge is 2.14. The summed E-state index contributed by atoms with van der Waals surface area (Å²) in [5, 5.41) is 12.2. The monoisotopic (exact) mass is 289 g/mol. The third-order valence-corrected chi connectivity index (χ3v) is 3.66. The van der Waals surface area contributed by atoms with Gasteiger partial charge in [0.25, 0.3) is 0 Å². The minimum atomic E-state index is -3.91. The molecule has 102 valence electrons. The Morgan fingerprint density at radius 3 is 2.65 bits per heavy atom. The predicted molar refractivity (Wildman–Crippen MR) is 72.4 cm³/mol. The van der Waals surface area contributed by atoms with Gasteiger partial charge in [-0.1, -0.05) is 23.4 Å². The minimum Gasteiger partial charge on any atom is -0.348 e. The summed E-state index contributed by atoms with van der Waals surface area (Å²) in [6, 6.07) is 11.3. The second-order valence-corrected chi connectivity index (χ2v) is 5.48. The van der Waals surface area contributed by atoms with E-state index in [0.29, 0.717) is 11.3 Å². The van der Waals surface area contributed by atoms with Crippen LogP contribution in [-0.2, 0) is 21.4 Å². The zero-order valence-electron chi connectivity index (χ0n) is 10.6. The van der Waals surface area contributed by atoms with Gasteiger partial charge >= 0.3 is 10.1 Å². The maximum atomic E-state index is 11.8. The van der Waals surface area contributed by atoms with Crippen LogP contribution in [0.5, 0.6) is 0 Å². The number of oxime groups is 1. The van der Waals surface area contributed by atoms with E-state index in [1.54, 1.807) is 42.1 Å². The van der Waals surface area contributed by atoms with Crippen LogP contribution in [0.3, 0.4) is 0 Å². The predicted octanol–water partition coefficient (Wildman–Crippen LogP) is 1.64. The molecule has 6 nitrogen and oxygen atoms in total. The highest BCUT2D eigenvalue weighted by Crippen LogP contribution is 2.11. The van der Waals surface area contributed by atoms with Crippen LogP contribution in [0.1, 0.15) is 11.3 Å². The molecular formula is C13H11N3O3S. The van der Waals surface area contributed by atoms with Crippen LogP contribution in [0, 0.1) is 11.3 Å². The molecule has 0 N–H and O–H groups in total. The highest BCUT2D eigenvalue weighted by atomic mass is 32.2. The molecule has 1 aromatic carbocycles. The molecular weight excluding hydrogens is 278 g/mol. The summed E-state index contributed by atoms with van der Waals surface area (Å²) in [4.78, 5) is 0.0294. The highest BCUT2D eigenvalue weighted by molar-refractivity contribution is 7.86. The van der Waals surface area contributed by atoms with Gasteiger partial charge in [0.05, 0.1) is 17.5 Å². The molecule has 0 radical (unpaired) electrons. The third kappa shape index (κ3) is 3.05. The van der Waals surface area contributed by atoms with E-state index >= 15 is 0 Å². The normalized spacial score (nSPS) is 11.4. The largest absolute Gasteiger partial charge is 0.358 e. The number of rotatable bonds is 4. The lowest BCUT2D eigenvalue weighted by atomic mass is 10.3. The van der Waals surface area contributed by atoms with Gasteiger partial charge in [0, 0.05) is 13.2 Å². The average Bonchev–Trinajstić information content (AvgIpc) is 2.80. The molecule has 2 rings (SSSR count). The molecule has 0 spiro atoms. The first-order chi connectivity index (χ1) is 9.53. The topological polar surface area (TPSA) is 84.4 Å². The second kappa shape index (κ2) is 5.59. The van der Waals surface area contributed by atoms with Crippen LogP contribution in [0.15, 0.2) is 52.6 Å². The Bertz CT molecular complexity index is 771. The van der Waals surface area contributed by atoms with Crippen molar-refractivity contribution in [3.05, 3.63) is 53.9 Å². The maximum Gasteiger partial charge on any atom is 0.358 e. The molecule has 0 atom stereocenters. The molecule has 1 heterocycles. The fourth-order valence-corrected chi connectivity index (χ4v) is 2.27. The SMILES string of the molecule is Cn1cc(C#N)cc1/C=N/OS(=O)(=O)c1ccccc1. The van der Waals surface area contributed by atoms with Gasteiger partial charge < -0.3 is 4.57 Å². The molecule has 0 aliphatic carbocycles. The van der Waals surface area contributed by atoms with Crippen molar-refractivity contribution in [2.75, 3.05) is 0 Å². The minimum absolute atomic E-state index is 0.0294. The zero-order chi connectivity index (χ0) is 14.6. The molecule has 0 fully saturated rings. The van der Waals surface area contributed by atoms with Gasteiger partial charge in [0.15, 0.2) is 0 Å². The van der Waals surface area contributed by atoms with Gasteiger partial charge in [-0.05, 0) is 18.2 Å². The van der Waals surface area contributed by atoms with Crippen LogP contribution in [0.4, 0.5) is 0 Å². The number of nitrogens with zero attached hydrogens (tertiary/aromatic N) is 3. The van der Waals surface area contributed by atoms with E-state index in [4.69, 9.17) is 5.26 Å². The molecule has 0 bridgehead atoms. The summed E-state index contributed by atoms with van der Waals surface area (Å²) < 4.78 is 29.7. The van der Waals surface area contributed by atoms with Crippen LogP contribution in [0.2, 0.25) is 0 Å². The molecule has 7 heteroatoms. The van der Waals surface area contributed by atoms with Crippen molar-refractivity contribution in [1.82, 2.24) is 4.57 Å². The standard InChI is InChI=1S/C13H11N3O3S/c1-16-10-11(8-14)7-12(16)9-15-19-20(17,18)13-5-3-2-4-6-13/h2-7,9-10H,1H3/b15-9+. The Morgan fingerprint density at radius 1 is 1.35 bits per heavy atom. The smallest absolute Gasteiger partial charge is 0.348 e. The Labute approximate surface area is 116 Å². The van der Waals surface area contributed by atoms with E-state index in [1.165, 1.54) is 18.3 Å². The second-order valence-electron chi connectivity index (χ2n) is 3.95. The summed E-state index contributed by atoms with van der Waals surface area (Å²) >= 11 is 0. The van der Waals surface area contributed by atoms with Gasteiger partial charge in [-0.2, -0.15) is 13.7 Å². The Balaban J connectivity index is 2.14. The van der Waals surface area contributed by atoms with Crippen molar-refractivity contribution in [1.29, 1.82) is 5.26 Å². The molecule has 2 aromatic rings. The summed E-state index contributed by atoms with van der Waals surface area (Å²) in [6.45, 7) is 0. The first-order valence-electron chi connectivity index (χ1n) is 5.61. The summed E-state index contributed by atoms with van der Waals surface area (Å²) in [6.07, 6.45) is 2.84. The third-order valence-electron chi connectivity index (χ3n) is 2.53. The van der Waals surface area contributed by atoms with E-state index in [-0.39, 0.29) is 4.90 Å². The van der Waals surface area contributed by atoms with E-state index in [0.717, 1.165) is 0 Å². The summed E-state index contributed by atoms with van der Waals surface area (Å²) in [5.74, 6) is 0. The average molecular weight is 289 g/mol. The van der Waals surface area contributed by atoms with E-state index in [2.05, 4.69) is 9.44 Å². The molecule has 0 aliphatic rings. The van der Waals surface area contributed by atoms with E-state index in [9.17, 15) is 8.42 Å². The van der Waals surface area contributed by atoms with Gasteiger partial charge in [0.1, 0.15) is 11.0 Å². The van der Waals surface area contributed by atoms with Crippen molar-refractivity contribution in [3.8, 4) is 6.07 Å². The lowest BCUT2D eigenvalue weighted by molar-refractivity contribution is 0.341. The van der Waals surface area contributed by atoms with Gasteiger partial charge in [-0.3, -0.25) is 4.28 Å². The molecule has 0 saturated carbocycles. The Hall–Kier alpha value is -2.59. The number of benzene rings is 1. The molecule has 1 aromatic heterocycles. The van der Waals surface area contributed by atoms with Gasteiger partial charge in [0.2, 0.25) is 0 Å². The van der Waals surface area contributed by atoms with Crippen molar-refractivity contribution in [2.45, 2.75) is 4.90 Å². The lowest BCUT2D eigenvalue weighted by Crippen LogP contribution is -2.03. The van der Waals surface area contributed by atoms with E-state index in [1.807, 2.05) is 6.07 Å². The van der Waals surface area contributed by atoms with Crippen LogP contribution in [0.25, 0.3) is 0 Å². The quantitative estimate of drug-likeness (QED) is 0.632. The maximum absolute atomic E-state index is 11.8. The van der Waals surface area contributed by atoms with Crippen LogP contribution >= 0.6 is 0 Å². The van der Waals surface area contributed by atoms with Crippen molar-refractivity contribution >= 4 is 16.3 Å². The molecule has 20 heavy (non-hydrogen) atoms. The number of aromatic nitrogens is 1. The number of aryl methyl sites for hydroxylation is 1. The Kier molecular flexibility index (Phi) is 3.86. The van der Waals surface area contributed by atoms with Gasteiger partial charge in [-0.15, -0.1) is 0 Å². The molecule has 0 saturated heterocycles. The van der Waals surface area contributed by atoms with Crippen molar-refractivity contribution in [3.63, 3.8) is 0 Å².